The van der Waals surface area contributed by atoms with Crippen molar-refractivity contribution in [1.82, 2.24) is 0 Å². The summed E-state index contributed by atoms with van der Waals surface area (Å²) < 4.78 is 22.0. The van der Waals surface area contributed by atoms with Crippen LogP contribution in [0.25, 0.3) is 0 Å². The van der Waals surface area contributed by atoms with Crippen molar-refractivity contribution in [3.63, 3.8) is 0 Å². The average Bonchev–Trinajstić information content (AvgIpc) is 2.78. The van der Waals surface area contributed by atoms with Gasteiger partial charge >= 0.3 is 0 Å². The Bertz CT molecular complexity index is 383. The van der Waals surface area contributed by atoms with E-state index in [0.29, 0.717) is 25.6 Å². The zero-order valence-electron chi connectivity index (χ0n) is 10.5. The van der Waals surface area contributed by atoms with Gasteiger partial charge in [-0.1, -0.05) is 0 Å². The molecule has 0 atom stereocenters. The van der Waals surface area contributed by atoms with Crippen LogP contribution in [0.4, 0.5) is 0 Å². The molecule has 1 aromatic rings. The molecule has 0 radical (unpaired) electrons. The Morgan fingerprint density at radius 1 is 1.24 bits per heavy atom. The fourth-order valence-corrected chi connectivity index (χ4v) is 1.91. The van der Waals surface area contributed by atoms with E-state index < -0.39 is 5.79 Å². The molecule has 1 aromatic carbocycles. The summed E-state index contributed by atoms with van der Waals surface area (Å²) in [6.07, 6.45) is 0. The summed E-state index contributed by atoms with van der Waals surface area (Å²) in [6, 6.07) is 5.73. The third kappa shape index (κ3) is 2.37. The van der Waals surface area contributed by atoms with Crippen LogP contribution in [0.2, 0.25) is 0 Å². The van der Waals surface area contributed by atoms with Crippen LogP contribution in [0.3, 0.4) is 0 Å². The molecule has 0 amide bonds. The lowest BCUT2D eigenvalue weighted by molar-refractivity contribution is -0.149. The summed E-state index contributed by atoms with van der Waals surface area (Å²) in [5.41, 5.74) is 0.940. The lowest BCUT2D eigenvalue weighted by Crippen LogP contribution is -2.22. The van der Waals surface area contributed by atoms with E-state index in [0.717, 1.165) is 11.3 Å². The first-order valence-electron chi connectivity index (χ1n) is 5.79. The van der Waals surface area contributed by atoms with E-state index in [1.54, 1.807) is 7.11 Å². The maximum atomic E-state index is 5.61. The average molecular weight is 238 g/mol. The van der Waals surface area contributed by atoms with Gasteiger partial charge in [-0.2, -0.15) is 0 Å². The van der Waals surface area contributed by atoms with E-state index in [2.05, 4.69) is 0 Å². The minimum atomic E-state index is -0.669. The van der Waals surface area contributed by atoms with Gasteiger partial charge in [0.25, 0.3) is 0 Å². The van der Waals surface area contributed by atoms with Crippen molar-refractivity contribution in [1.29, 1.82) is 0 Å². The highest BCUT2D eigenvalue weighted by molar-refractivity contribution is 5.44. The van der Waals surface area contributed by atoms with Crippen molar-refractivity contribution >= 4 is 0 Å². The third-order valence-electron chi connectivity index (χ3n) is 2.83. The van der Waals surface area contributed by atoms with E-state index in [1.165, 1.54) is 0 Å². The molecule has 0 aromatic heterocycles. The normalized spacial score (nSPS) is 18.1. The number of hydrogen-bond donors (Lipinski definition) is 0. The Kier molecular flexibility index (Phi) is 3.54. The second kappa shape index (κ2) is 4.94. The van der Waals surface area contributed by atoms with Crippen molar-refractivity contribution in [2.24, 2.45) is 0 Å². The van der Waals surface area contributed by atoms with Gasteiger partial charge in [0.15, 0.2) is 17.3 Å². The minimum absolute atomic E-state index is 0.611. The summed E-state index contributed by atoms with van der Waals surface area (Å²) in [5.74, 6) is 0.767. The molecule has 1 fully saturated rings. The number of ether oxygens (including phenoxy) is 4. The van der Waals surface area contributed by atoms with Crippen molar-refractivity contribution < 1.29 is 18.9 Å². The van der Waals surface area contributed by atoms with Crippen molar-refractivity contribution in [2.45, 2.75) is 19.6 Å². The van der Waals surface area contributed by atoms with Crippen LogP contribution >= 0.6 is 0 Å². The molecule has 1 saturated heterocycles. The van der Waals surface area contributed by atoms with Crippen LogP contribution in [-0.2, 0) is 15.3 Å². The van der Waals surface area contributed by atoms with Crippen molar-refractivity contribution in [3.8, 4) is 11.5 Å². The van der Waals surface area contributed by atoms with Crippen LogP contribution < -0.4 is 9.47 Å². The van der Waals surface area contributed by atoms with Crippen LogP contribution in [0.1, 0.15) is 19.4 Å². The summed E-state index contributed by atoms with van der Waals surface area (Å²) in [5, 5.41) is 0. The van der Waals surface area contributed by atoms with Gasteiger partial charge in [-0.05, 0) is 32.0 Å². The molecule has 2 rings (SSSR count). The van der Waals surface area contributed by atoms with Gasteiger partial charge in [-0.3, -0.25) is 0 Å². The smallest absolute Gasteiger partial charge is 0.192 e. The van der Waals surface area contributed by atoms with Crippen LogP contribution in [0, 0.1) is 0 Å². The van der Waals surface area contributed by atoms with E-state index in [4.69, 9.17) is 18.9 Å². The second-order valence-corrected chi connectivity index (χ2v) is 3.94. The highest BCUT2D eigenvalue weighted by atomic mass is 16.7. The molecule has 4 nitrogen and oxygen atoms in total. The Labute approximate surface area is 101 Å². The summed E-state index contributed by atoms with van der Waals surface area (Å²) >= 11 is 0. The first kappa shape index (κ1) is 12.2. The molecule has 4 heteroatoms. The van der Waals surface area contributed by atoms with Crippen LogP contribution in [-0.4, -0.2) is 26.9 Å². The fourth-order valence-electron chi connectivity index (χ4n) is 1.91. The highest BCUT2D eigenvalue weighted by Gasteiger charge is 2.33. The Balaban J connectivity index is 2.30. The summed E-state index contributed by atoms with van der Waals surface area (Å²) in [6.45, 7) is 5.70. The standard InChI is InChI=1S/C13H18O4/c1-4-15-11-6-5-10(9-12(11)14-3)13(2)16-7-8-17-13/h5-6,9H,4,7-8H2,1-3H3. The quantitative estimate of drug-likeness (QED) is 0.806. The number of hydrogen-bond acceptors (Lipinski definition) is 4. The lowest BCUT2D eigenvalue weighted by atomic mass is 10.1. The van der Waals surface area contributed by atoms with Gasteiger partial charge in [-0.15, -0.1) is 0 Å². The summed E-state index contributed by atoms with van der Waals surface area (Å²) in [7, 11) is 1.63. The number of methoxy groups -OCH3 is 1. The SMILES string of the molecule is CCOc1ccc(C2(C)OCCO2)cc1OC. The molecule has 1 aliphatic rings. The van der Waals surface area contributed by atoms with E-state index in [9.17, 15) is 0 Å². The van der Waals surface area contributed by atoms with E-state index >= 15 is 0 Å². The monoisotopic (exact) mass is 238 g/mol. The minimum Gasteiger partial charge on any atom is -0.493 e. The van der Waals surface area contributed by atoms with Gasteiger partial charge in [0.1, 0.15) is 0 Å². The maximum Gasteiger partial charge on any atom is 0.192 e. The predicted octanol–water partition coefficient (Wildman–Crippen LogP) is 2.31. The van der Waals surface area contributed by atoms with Gasteiger partial charge in [-0.25, -0.2) is 0 Å². The van der Waals surface area contributed by atoms with Crippen molar-refractivity contribution in [3.05, 3.63) is 23.8 Å². The molecule has 1 aliphatic heterocycles. The lowest BCUT2D eigenvalue weighted by Gasteiger charge is -2.23. The fraction of sp³-hybridized carbons (Fsp3) is 0.538. The number of benzene rings is 1. The maximum absolute atomic E-state index is 5.61. The molecule has 1 heterocycles. The molecule has 0 N–H and O–H groups in total. The van der Waals surface area contributed by atoms with Crippen LogP contribution in [0.5, 0.6) is 11.5 Å². The first-order valence-corrected chi connectivity index (χ1v) is 5.79. The van der Waals surface area contributed by atoms with Crippen molar-refractivity contribution in [2.75, 3.05) is 26.9 Å². The Morgan fingerprint density at radius 3 is 2.53 bits per heavy atom. The molecule has 0 aliphatic carbocycles. The molecular formula is C13H18O4. The van der Waals surface area contributed by atoms with Gasteiger partial charge in [0.05, 0.1) is 26.9 Å². The topological polar surface area (TPSA) is 36.9 Å². The first-order chi connectivity index (χ1) is 8.19. The predicted molar refractivity (Wildman–Crippen MR) is 63.4 cm³/mol. The molecule has 0 spiro atoms. The Hall–Kier alpha value is -1.26. The Morgan fingerprint density at radius 2 is 1.94 bits per heavy atom. The molecule has 0 unspecified atom stereocenters. The zero-order chi connectivity index (χ0) is 12.3. The zero-order valence-corrected chi connectivity index (χ0v) is 10.5. The van der Waals surface area contributed by atoms with E-state index in [1.807, 2.05) is 32.0 Å². The van der Waals surface area contributed by atoms with Gasteiger partial charge < -0.3 is 18.9 Å². The van der Waals surface area contributed by atoms with Gasteiger partial charge in [0.2, 0.25) is 0 Å². The largest absolute Gasteiger partial charge is 0.493 e. The molecule has 94 valence electrons. The summed E-state index contributed by atoms with van der Waals surface area (Å²) in [4.78, 5) is 0. The molecule has 17 heavy (non-hydrogen) atoms. The molecular weight excluding hydrogens is 220 g/mol. The third-order valence-corrected chi connectivity index (χ3v) is 2.83. The molecule has 0 bridgehead atoms. The van der Waals surface area contributed by atoms with Crippen LogP contribution in [0.15, 0.2) is 18.2 Å². The molecule has 0 saturated carbocycles. The van der Waals surface area contributed by atoms with Gasteiger partial charge in [0, 0.05) is 5.56 Å². The van der Waals surface area contributed by atoms with E-state index in [-0.39, 0.29) is 0 Å². The highest BCUT2D eigenvalue weighted by Crippen LogP contribution is 2.36. The number of rotatable bonds is 4. The second-order valence-electron chi connectivity index (χ2n) is 3.94.